The van der Waals surface area contributed by atoms with Crippen molar-refractivity contribution in [1.29, 1.82) is 0 Å². The molecule has 6 fully saturated rings. The summed E-state index contributed by atoms with van der Waals surface area (Å²) in [4.78, 5) is 72.7. The Bertz CT molecular complexity index is 1960. The lowest BCUT2D eigenvalue weighted by Gasteiger charge is -2.53. The number of aromatic amines is 2. The summed E-state index contributed by atoms with van der Waals surface area (Å²) < 4.78 is 15.2. The number of fused-ring (bicyclic) bond motifs is 3. The number of nitrogens with zero attached hydrogens (tertiary/aromatic N) is 4. The van der Waals surface area contributed by atoms with E-state index in [1.54, 1.807) is 0 Å². The molecule has 59 heavy (non-hydrogen) atoms. The molecule has 3 aromatic rings. The van der Waals surface area contributed by atoms with Crippen LogP contribution in [0.25, 0.3) is 11.3 Å². The molecule has 0 unspecified atom stereocenters. The molecule has 9 rings (SSSR count). The summed E-state index contributed by atoms with van der Waals surface area (Å²) in [5.41, 5.74) is 4.71. The number of rotatable bonds is 11. The number of methoxy groups -OCH3 is 2. The van der Waals surface area contributed by atoms with Gasteiger partial charge in [-0.3, -0.25) is 9.59 Å². The van der Waals surface area contributed by atoms with Gasteiger partial charge in [0.1, 0.15) is 23.7 Å². The molecule has 3 saturated carbocycles. The number of aromatic nitrogens is 4. The first kappa shape index (κ1) is 40.8. The van der Waals surface area contributed by atoms with E-state index < -0.39 is 24.3 Å². The molecule has 0 spiro atoms. The normalized spacial score (nSPS) is 26.8. The van der Waals surface area contributed by atoms with Gasteiger partial charge in [-0.05, 0) is 105 Å². The van der Waals surface area contributed by atoms with Crippen LogP contribution in [0, 0.1) is 11.8 Å². The van der Waals surface area contributed by atoms with Crippen molar-refractivity contribution < 1.29 is 33.4 Å². The quantitative estimate of drug-likeness (QED) is 0.175. The number of alkyl carbamates (subject to hydrolysis) is 2. The van der Waals surface area contributed by atoms with Crippen LogP contribution in [0.2, 0.25) is 0 Å². The van der Waals surface area contributed by atoms with Crippen molar-refractivity contribution >= 4 is 24.0 Å². The SMILES string of the molecule is COC(=O)N[C@H](C(=O)N1CCC[C@H]1c1ncc(-c2ccc(C34CCC(c5cnc([C@@H]6CCCN6C(=O)[C@@H](NC(=O)OC)C6CCOCC6)[nH]5)(CC3)CC4)cc2)[nH]1)C(C)C. The Balaban J connectivity index is 0.909. The third kappa shape index (κ3) is 7.94. The number of carbonyl (C=O) groups is 4. The Morgan fingerprint density at radius 3 is 1.92 bits per heavy atom. The summed E-state index contributed by atoms with van der Waals surface area (Å²) in [6.45, 7) is 6.23. The molecule has 0 radical (unpaired) electrons. The number of benzene rings is 1. The van der Waals surface area contributed by atoms with Gasteiger partial charge in [-0.15, -0.1) is 0 Å². The highest BCUT2D eigenvalue weighted by atomic mass is 16.5. The highest BCUT2D eigenvalue weighted by Crippen LogP contribution is 2.58. The van der Waals surface area contributed by atoms with Gasteiger partial charge in [-0.1, -0.05) is 38.1 Å². The highest BCUT2D eigenvalue weighted by Gasteiger charge is 2.51. The summed E-state index contributed by atoms with van der Waals surface area (Å²) in [6, 6.07) is 7.28. The zero-order valence-corrected chi connectivity index (χ0v) is 34.9. The zero-order valence-electron chi connectivity index (χ0n) is 34.9. The Kier molecular flexibility index (Phi) is 11.8. The molecule has 2 aromatic heterocycles. The highest BCUT2D eigenvalue weighted by molar-refractivity contribution is 5.87. The molecule has 3 aliphatic carbocycles. The van der Waals surface area contributed by atoms with Gasteiger partial charge in [-0.2, -0.15) is 0 Å². The van der Waals surface area contributed by atoms with Crippen LogP contribution < -0.4 is 10.6 Å². The number of amides is 4. The minimum Gasteiger partial charge on any atom is -0.453 e. The molecule has 1 aromatic carbocycles. The number of carbonyl (C=O) groups excluding carboxylic acids is 4. The average Bonchev–Trinajstić information content (AvgIpc) is 4.12. The first-order chi connectivity index (χ1) is 28.5. The predicted octanol–water partition coefficient (Wildman–Crippen LogP) is 6.20. The van der Waals surface area contributed by atoms with E-state index in [2.05, 4.69) is 44.9 Å². The fourth-order valence-corrected chi connectivity index (χ4v) is 10.8. The summed E-state index contributed by atoms with van der Waals surface area (Å²) >= 11 is 0. The monoisotopic (exact) mass is 812 g/mol. The van der Waals surface area contributed by atoms with Crippen molar-refractivity contribution in [3.05, 3.63) is 59.6 Å². The van der Waals surface area contributed by atoms with Crippen LogP contribution >= 0.6 is 0 Å². The number of imidazole rings is 2. The molecule has 318 valence electrons. The van der Waals surface area contributed by atoms with E-state index in [4.69, 9.17) is 24.2 Å². The van der Waals surface area contributed by atoms with Crippen molar-refractivity contribution in [2.75, 3.05) is 40.5 Å². The fourth-order valence-electron chi connectivity index (χ4n) is 10.8. The van der Waals surface area contributed by atoms with Gasteiger partial charge >= 0.3 is 12.2 Å². The number of H-pyrrole nitrogens is 2. The van der Waals surface area contributed by atoms with Gasteiger partial charge in [-0.25, -0.2) is 19.6 Å². The van der Waals surface area contributed by atoms with E-state index in [0.717, 1.165) is 87.1 Å². The smallest absolute Gasteiger partial charge is 0.407 e. The summed E-state index contributed by atoms with van der Waals surface area (Å²) in [6.07, 6.45) is 14.0. The maximum atomic E-state index is 14.1. The largest absolute Gasteiger partial charge is 0.453 e. The Morgan fingerprint density at radius 1 is 0.746 bits per heavy atom. The molecule has 3 aliphatic heterocycles. The number of hydrogen-bond acceptors (Lipinski definition) is 9. The van der Waals surface area contributed by atoms with Crippen molar-refractivity contribution in [3.8, 4) is 11.3 Å². The topological polar surface area (TPSA) is 184 Å². The van der Waals surface area contributed by atoms with E-state index in [1.165, 1.54) is 25.5 Å². The molecule has 15 nitrogen and oxygen atoms in total. The summed E-state index contributed by atoms with van der Waals surface area (Å²) in [5, 5.41) is 5.57. The first-order valence-corrected chi connectivity index (χ1v) is 21.6. The van der Waals surface area contributed by atoms with E-state index in [1.807, 2.05) is 36.0 Å². The van der Waals surface area contributed by atoms with Crippen LogP contribution in [-0.4, -0.2) is 106 Å². The van der Waals surface area contributed by atoms with Crippen LogP contribution in [0.5, 0.6) is 0 Å². The Morgan fingerprint density at radius 2 is 1.31 bits per heavy atom. The second-order valence-corrected chi connectivity index (χ2v) is 17.8. The maximum absolute atomic E-state index is 14.1. The molecule has 15 heteroatoms. The van der Waals surface area contributed by atoms with Crippen LogP contribution in [0.4, 0.5) is 9.59 Å². The third-order valence-electron chi connectivity index (χ3n) is 14.4. The molecule has 6 aliphatic rings. The number of nitrogens with one attached hydrogen (secondary N) is 4. The average molecular weight is 813 g/mol. The molecular formula is C44H60N8O7. The second-order valence-electron chi connectivity index (χ2n) is 17.8. The maximum Gasteiger partial charge on any atom is 0.407 e. The van der Waals surface area contributed by atoms with Crippen molar-refractivity contribution in [1.82, 2.24) is 40.4 Å². The lowest BCUT2D eigenvalue weighted by Crippen LogP contribution is -2.53. The van der Waals surface area contributed by atoms with E-state index in [0.29, 0.717) is 39.1 Å². The van der Waals surface area contributed by atoms with E-state index in [-0.39, 0.29) is 46.6 Å². The molecule has 5 heterocycles. The van der Waals surface area contributed by atoms with Crippen LogP contribution in [-0.2, 0) is 34.6 Å². The number of ether oxygens (including phenoxy) is 3. The summed E-state index contributed by atoms with van der Waals surface area (Å²) in [5.74, 6) is 1.31. The number of likely N-dealkylation sites (tertiary alicyclic amines) is 2. The van der Waals surface area contributed by atoms with E-state index in [9.17, 15) is 19.2 Å². The molecule has 4 atom stereocenters. The van der Waals surface area contributed by atoms with Crippen molar-refractivity contribution in [2.45, 2.75) is 126 Å². The van der Waals surface area contributed by atoms with Crippen LogP contribution in [0.1, 0.15) is 126 Å². The minimum absolute atomic E-state index is 0.00333. The summed E-state index contributed by atoms with van der Waals surface area (Å²) in [7, 11) is 2.63. The second kappa shape index (κ2) is 17.0. The van der Waals surface area contributed by atoms with Gasteiger partial charge < -0.3 is 44.6 Å². The van der Waals surface area contributed by atoms with E-state index >= 15 is 0 Å². The fraction of sp³-hybridized carbons (Fsp3) is 0.636. The molecular weight excluding hydrogens is 753 g/mol. The van der Waals surface area contributed by atoms with Crippen LogP contribution in [0.3, 0.4) is 0 Å². The Hall–Kier alpha value is -4.92. The lowest BCUT2D eigenvalue weighted by atomic mass is 9.51. The molecule has 3 saturated heterocycles. The third-order valence-corrected chi connectivity index (χ3v) is 14.4. The minimum atomic E-state index is -0.675. The van der Waals surface area contributed by atoms with Gasteiger partial charge in [0.25, 0.3) is 0 Å². The lowest BCUT2D eigenvalue weighted by molar-refractivity contribution is -0.137. The first-order valence-electron chi connectivity index (χ1n) is 21.6. The van der Waals surface area contributed by atoms with Gasteiger partial charge in [0.2, 0.25) is 11.8 Å². The number of hydrogen-bond donors (Lipinski definition) is 4. The van der Waals surface area contributed by atoms with Gasteiger partial charge in [0, 0.05) is 43.6 Å². The Labute approximate surface area is 346 Å². The molecule has 4 amide bonds. The standard InChI is InChI=1S/C44H60N8O7/c1-27(2)35(49-41(55)57-3)39(53)51-21-5-7-32(51)37-45-25-31(47-37)28-9-11-30(12-10-28)43-15-18-44(19-16-43,20-17-43)34-26-46-38(48-34)33-8-6-22-52(33)40(54)36(50-42(56)58-4)29-13-23-59-24-14-29/h9-12,25-27,29,32-33,35-36H,5-8,13-24H2,1-4H3,(H,45,47)(H,46,48)(H,49,55)(H,50,56)/t32-,33-,35-,36-,43?,44?/m0/s1. The van der Waals surface area contributed by atoms with Gasteiger partial charge in [0.05, 0.1) is 38.2 Å². The molecule has 2 bridgehead atoms. The van der Waals surface area contributed by atoms with Crippen molar-refractivity contribution in [2.24, 2.45) is 11.8 Å². The van der Waals surface area contributed by atoms with Crippen molar-refractivity contribution in [3.63, 3.8) is 0 Å². The predicted molar refractivity (Wildman–Crippen MR) is 218 cm³/mol. The zero-order chi connectivity index (χ0) is 41.3. The van der Waals surface area contributed by atoms with Crippen LogP contribution in [0.15, 0.2) is 36.7 Å². The van der Waals surface area contributed by atoms with Gasteiger partial charge in [0.15, 0.2) is 0 Å². The molecule has 4 N–H and O–H groups in total.